The summed E-state index contributed by atoms with van der Waals surface area (Å²) in [5.41, 5.74) is 21.1. The molecule has 0 saturated carbocycles. The number of nitrogens with one attached hydrogen (secondary N) is 3. The number of amides is 5. The molecule has 15 heteroatoms. The van der Waals surface area contributed by atoms with E-state index < -0.39 is 72.7 Å². The van der Waals surface area contributed by atoms with E-state index in [1.165, 1.54) is 0 Å². The van der Waals surface area contributed by atoms with Gasteiger partial charge in [0.25, 0.3) is 0 Å². The third-order valence-electron chi connectivity index (χ3n) is 4.45. The summed E-state index contributed by atoms with van der Waals surface area (Å²) >= 11 is 0. The van der Waals surface area contributed by atoms with Crippen LogP contribution in [0, 0.1) is 0 Å². The van der Waals surface area contributed by atoms with Crippen molar-refractivity contribution >= 4 is 35.5 Å². The van der Waals surface area contributed by atoms with Crippen molar-refractivity contribution < 1.29 is 39.0 Å². The van der Waals surface area contributed by atoms with Gasteiger partial charge in [0.05, 0.1) is 19.1 Å². The average molecular weight is 476 g/mol. The van der Waals surface area contributed by atoms with Gasteiger partial charge in [0.2, 0.25) is 29.5 Å². The third-order valence-corrected chi connectivity index (χ3v) is 4.45. The maximum Gasteiger partial charge on any atom is 0.326 e. The number of unbranched alkanes of at least 4 members (excludes halogenated alkanes) is 1. The summed E-state index contributed by atoms with van der Waals surface area (Å²) < 4.78 is 0. The molecule has 5 amide bonds. The van der Waals surface area contributed by atoms with Gasteiger partial charge in [-0.3, -0.25) is 24.0 Å². The van der Waals surface area contributed by atoms with E-state index in [-0.39, 0.29) is 19.3 Å². The highest BCUT2D eigenvalue weighted by atomic mass is 16.4. The Morgan fingerprint density at radius 2 is 1.30 bits per heavy atom. The fourth-order valence-corrected chi connectivity index (χ4v) is 2.61. The average Bonchev–Trinajstić information content (AvgIpc) is 2.73. The van der Waals surface area contributed by atoms with Gasteiger partial charge in [-0.1, -0.05) is 0 Å². The molecule has 0 aromatic carbocycles. The number of rotatable bonds is 17. The Kier molecular flexibility index (Phi) is 13.9. The van der Waals surface area contributed by atoms with Crippen LogP contribution in [0.15, 0.2) is 0 Å². The van der Waals surface area contributed by atoms with Crippen molar-refractivity contribution in [1.82, 2.24) is 16.0 Å². The molecule has 33 heavy (non-hydrogen) atoms. The zero-order valence-electron chi connectivity index (χ0n) is 18.1. The minimum absolute atomic E-state index is 0.0452. The van der Waals surface area contributed by atoms with E-state index >= 15 is 0 Å². The number of hydrogen-bond acceptors (Lipinski definition) is 9. The van der Waals surface area contributed by atoms with Crippen LogP contribution in [-0.4, -0.2) is 83.0 Å². The Hall–Kier alpha value is -3.30. The first-order valence-electron chi connectivity index (χ1n) is 10.2. The molecular formula is C18H33N7O8. The van der Waals surface area contributed by atoms with Crippen LogP contribution in [0.3, 0.4) is 0 Å². The van der Waals surface area contributed by atoms with Crippen molar-refractivity contribution in [2.24, 2.45) is 22.9 Å². The number of carbonyl (C=O) groups is 6. The summed E-state index contributed by atoms with van der Waals surface area (Å²) in [6.45, 7) is -0.569. The molecule has 0 heterocycles. The maximum absolute atomic E-state index is 12.7. The van der Waals surface area contributed by atoms with Gasteiger partial charge in [0.15, 0.2) is 0 Å². The number of aliphatic carboxylic acids is 1. The third kappa shape index (κ3) is 12.4. The van der Waals surface area contributed by atoms with Gasteiger partial charge in [-0.25, -0.2) is 4.79 Å². The van der Waals surface area contributed by atoms with Gasteiger partial charge in [0, 0.05) is 6.42 Å². The maximum atomic E-state index is 12.7. The van der Waals surface area contributed by atoms with Crippen LogP contribution in [-0.2, 0) is 28.8 Å². The summed E-state index contributed by atoms with van der Waals surface area (Å²) in [4.78, 5) is 70.3. The van der Waals surface area contributed by atoms with E-state index in [0.29, 0.717) is 19.4 Å². The molecule has 13 N–H and O–H groups in total. The van der Waals surface area contributed by atoms with Crippen LogP contribution in [0.2, 0.25) is 0 Å². The lowest BCUT2D eigenvalue weighted by Gasteiger charge is -2.24. The Bertz CT molecular complexity index is 718. The van der Waals surface area contributed by atoms with Gasteiger partial charge < -0.3 is 49.1 Å². The van der Waals surface area contributed by atoms with Crippen LogP contribution in [0.5, 0.6) is 0 Å². The molecule has 0 bridgehead atoms. The summed E-state index contributed by atoms with van der Waals surface area (Å²) in [5, 5.41) is 25.2. The van der Waals surface area contributed by atoms with Crippen LogP contribution < -0.4 is 38.9 Å². The molecule has 0 rings (SSSR count). The van der Waals surface area contributed by atoms with E-state index in [1.807, 2.05) is 5.32 Å². The molecule has 0 aromatic heterocycles. The van der Waals surface area contributed by atoms with Crippen LogP contribution in [0.1, 0.15) is 38.5 Å². The van der Waals surface area contributed by atoms with Gasteiger partial charge in [-0.2, -0.15) is 0 Å². The number of hydrogen-bond donors (Lipinski definition) is 9. The second kappa shape index (κ2) is 15.5. The minimum atomic E-state index is -1.66. The molecular weight excluding hydrogens is 442 g/mol. The molecule has 0 aliphatic carbocycles. The molecule has 188 valence electrons. The zero-order chi connectivity index (χ0) is 25.6. The highest BCUT2D eigenvalue weighted by Crippen LogP contribution is 2.04. The highest BCUT2D eigenvalue weighted by Gasteiger charge is 2.30. The number of carboxylic acid groups (broad SMARTS) is 1. The lowest BCUT2D eigenvalue weighted by Crippen LogP contribution is -2.58. The first-order chi connectivity index (χ1) is 15.4. The fraction of sp³-hybridized carbons (Fsp3) is 0.667. The van der Waals surface area contributed by atoms with Gasteiger partial charge in [0.1, 0.15) is 18.1 Å². The van der Waals surface area contributed by atoms with E-state index in [1.54, 1.807) is 0 Å². The van der Waals surface area contributed by atoms with E-state index in [4.69, 9.17) is 28.0 Å². The Morgan fingerprint density at radius 3 is 1.79 bits per heavy atom. The second-order valence-corrected chi connectivity index (χ2v) is 7.27. The predicted molar refractivity (Wildman–Crippen MR) is 114 cm³/mol. The highest BCUT2D eigenvalue weighted by molar-refractivity contribution is 5.95. The molecule has 0 spiro atoms. The van der Waals surface area contributed by atoms with E-state index in [9.17, 15) is 33.9 Å². The zero-order valence-corrected chi connectivity index (χ0v) is 18.1. The topological polar surface area (TPSA) is 283 Å². The SMILES string of the molecule is NCCCCC(NC(=O)C(N)CCC(N)=O)C(=O)NC(CO)C(=O)NC(CC(N)=O)C(=O)O. The quantitative estimate of drug-likeness (QED) is 0.0903. The Morgan fingerprint density at radius 1 is 0.758 bits per heavy atom. The van der Waals surface area contributed by atoms with Crippen molar-refractivity contribution in [1.29, 1.82) is 0 Å². The van der Waals surface area contributed by atoms with E-state index in [0.717, 1.165) is 0 Å². The first-order valence-corrected chi connectivity index (χ1v) is 10.2. The van der Waals surface area contributed by atoms with Gasteiger partial charge in [-0.15, -0.1) is 0 Å². The summed E-state index contributed by atoms with van der Waals surface area (Å²) in [7, 11) is 0. The largest absolute Gasteiger partial charge is 0.480 e. The van der Waals surface area contributed by atoms with Crippen LogP contribution in [0.4, 0.5) is 0 Å². The lowest BCUT2D eigenvalue weighted by atomic mass is 10.1. The normalized spacial score (nSPS) is 14.3. The smallest absolute Gasteiger partial charge is 0.326 e. The van der Waals surface area contributed by atoms with E-state index in [2.05, 4.69) is 10.6 Å². The molecule has 15 nitrogen and oxygen atoms in total. The molecule has 0 radical (unpaired) electrons. The number of carboxylic acids is 1. The standard InChI is InChI=1S/C18H33N7O8/c19-6-2-1-3-10(23-15(29)9(20)4-5-13(21)27)16(30)25-12(8-26)17(31)24-11(18(32)33)7-14(22)28/h9-12,26H,1-8,19-20H2,(H2,21,27)(H2,22,28)(H,23,29)(H,24,31)(H,25,30)(H,32,33). The number of nitrogens with two attached hydrogens (primary N) is 4. The minimum Gasteiger partial charge on any atom is -0.480 e. The number of aliphatic hydroxyl groups excluding tert-OH is 1. The molecule has 0 aliphatic rings. The Labute approximate surface area is 190 Å². The molecule has 0 fully saturated rings. The molecule has 0 aliphatic heterocycles. The molecule has 0 saturated heterocycles. The molecule has 0 aromatic rings. The van der Waals surface area contributed by atoms with Crippen molar-refractivity contribution in [3.63, 3.8) is 0 Å². The van der Waals surface area contributed by atoms with Crippen LogP contribution >= 0.6 is 0 Å². The number of primary amides is 2. The fourth-order valence-electron chi connectivity index (χ4n) is 2.61. The monoisotopic (exact) mass is 475 g/mol. The van der Waals surface area contributed by atoms with Crippen molar-refractivity contribution in [3.05, 3.63) is 0 Å². The lowest BCUT2D eigenvalue weighted by molar-refractivity contribution is -0.144. The van der Waals surface area contributed by atoms with Crippen LogP contribution in [0.25, 0.3) is 0 Å². The number of carbonyl (C=O) groups excluding carboxylic acids is 5. The predicted octanol–water partition coefficient (Wildman–Crippen LogP) is -4.89. The van der Waals surface area contributed by atoms with Crippen molar-refractivity contribution in [2.75, 3.05) is 13.2 Å². The van der Waals surface area contributed by atoms with Crippen molar-refractivity contribution in [2.45, 2.75) is 62.7 Å². The summed E-state index contributed by atoms with van der Waals surface area (Å²) in [5.74, 6) is -5.84. The summed E-state index contributed by atoms with van der Waals surface area (Å²) in [6.07, 6.45) is 0.203. The summed E-state index contributed by atoms with van der Waals surface area (Å²) in [6, 6.07) is -5.52. The van der Waals surface area contributed by atoms with Gasteiger partial charge >= 0.3 is 5.97 Å². The Balaban J connectivity index is 5.25. The second-order valence-electron chi connectivity index (χ2n) is 7.27. The van der Waals surface area contributed by atoms with Gasteiger partial charge in [-0.05, 0) is 32.2 Å². The first kappa shape index (κ1) is 29.7. The van der Waals surface area contributed by atoms with Crippen molar-refractivity contribution in [3.8, 4) is 0 Å². The molecule has 4 atom stereocenters. The number of aliphatic hydroxyl groups is 1. The molecule has 4 unspecified atom stereocenters.